The van der Waals surface area contributed by atoms with Gasteiger partial charge in [0.1, 0.15) is 0 Å². The first-order valence-electron chi connectivity index (χ1n) is 14.5. The molecule has 1 saturated carbocycles. The second kappa shape index (κ2) is 10.6. The summed E-state index contributed by atoms with van der Waals surface area (Å²) >= 11 is 0. The van der Waals surface area contributed by atoms with Crippen molar-refractivity contribution < 1.29 is 4.79 Å². The maximum Gasteiger partial charge on any atom is 0.272 e. The van der Waals surface area contributed by atoms with Crippen LogP contribution in [0.25, 0.3) is 21.9 Å². The Hall–Kier alpha value is -4.69. The summed E-state index contributed by atoms with van der Waals surface area (Å²) in [4.78, 5) is 38.8. The van der Waals surface area contributed by atoms with Crippen LogP contribution in [0, 0.1) is 0 Å². The number of aromatic nitrogens is 4. The van der Waals surface area contributed by atoms with Gasteiger partial charge in [0.2, 0.25) is 5.91 Å². The van der Waals surface area contributed by atoms with Crippen molar-refractivity contribution in [2.75, 3.05) is 0 Å². The predicted octanol–water partition coefficient (Wildman–Crippen LogP) is 4.98. The number of benzene rings is 2. The third-order valence-corrected chi connectivity index (χ3v) is 8.84. The third kappa shape index (κ3) is 4.58. The molecule has 8 nitrogen and oxygen atoms in total. The first kappa shape index (κ1) is 26.2. The molecule has 1 amide bonds. The molecular weight excluding hydrogens is 524 g/mol. The Labute approximate surface area is 243 Å². The molecule has 1 unspecified atom stereocenters. The van der Waals surface area contributed by atoms with Crippen molar-refractivity contribution in [2.45, 2.75) is 56.7 Å². The monoisotopic (exact) mass is 556 g/mol. The fourth-order valence-electron chi connectivity index (χ4n) is 6.40. The van der Waals surface area contributed by atoms with Crippen molar-refractivity contribution >= 4 is 16.7 Å². The van der Waals surface area contributed by atoms with Crippen LogP contribution in [-0.4, -0.2) is 31.0 Å². The highest BCUT2D eigenvalue weighted by molar-refractivity contribution is 5.94. The number of aromatic amines is 1. The Morgan fingerprint density at radius 2 is 1.83 bits per heavy atom. The lowest BCUT2D eigenvalue weighted by atomic mass is 9.87. The summed E-state index contributed by atoms with van der Waals surface area (Å²) in [5, 5.41) is 7.92. The van der Waals surface area contributed by atoms with Crippen LogP contribution in [0.15, 0.2) is 90.0 Å². The molecule has 1 fully saturated rings. The second-order valence-corrected chi connectivity index (χ2v) is 11.3. The first-order valence-corrected chi connectivity index (χ1v) is 14.5. The first-order chi connectivity index (χ1) is 20.6. The van der Waals surface area contributed by atoms with E-state index >= 15 is 0 Å². The van der Waals surface area contributed by atoms with E-state index in [-0.39, 0.29) is 24.1 Å². The minimum absolute atomic E-state index is 0.0754. The van der Waals surface area contributed by atoms with Gasteiger partial charge in [0.15, 0.2) is 0 Å². The summed E-state index contributed by atoms with van der Waals surface area (Å²) in [6.07, 6.45) is 7.99. The topological polar surface area (TPSA) is 118 Å². The number of pyridine rings is 2. The lowest BCUT2D eigenvalue weighted by Crippen LogP contribution is -2.43. The number of fused-ring (bicyclic) bond motifs is 2. The van der Waals surface area contributed by atoms with Crippen LogP contribution in [0.2, 0.25) is 0 Å². The second-order valence-electron chi connectivity index (χ2n) is 11.3. The Morgan fingerprint density at radius 1 is 0.976 bits per heavy atom. The van der Waals surface area contributed by atoms with Crippen molar-refractivity contribution in [3.63, 3.8) is 0 Å². The molecule has 3 aromatic heterocycles. The Balaban J connectivity index is 1.28. The van der Waals surface area contributed by atoms with Gasteiger partial charge in [-0.2, -0.15) is 5.10 Å². The van der Waals surface area contributed by atoms with Crippen molar-refractivity contribution in [3.8, 4) is 11.1 Å². The number of hydrogen-bond donors (Lipinski definition) is 2. The van der Waals surface area contributed by atoms with E-state index in [1.54, 1.807) is 6.07 Å². The molecule has 0 aliphatic heterocycles. The van der Waals surface area contributed by atoms with Crippen molar-refractivity contribution in [1.82, 2.24) is 25.1 Å². The maximum absolute atomic E-state index is 14.7. The fraction of sp³-hybridized carbons (Fsp3) is 0.265. The molecule has 7 rings (SSSR count). The van der Waals surface area contributed by atoms with Gasteiger partial charge in [0.25, 0.3) is 5.56 Å². The van der Waals surface area contributed by atoms with E-state index in [1.807, 2.05) is 59.8 Å². The van der Waals surface area contributed by atoms with Gasteiger partial charge in [-0.15, -0.1) is 0 Å². The largest absolute Gasteiger partial charge is 0.327 e. The number of hydrogen-bond acceptors (Lipinski definition) is 6. The average molecular weight is 557 g/mol. The Kier molecular flexibility index (Phi) is 6.63. The van der Waals surface area contributed by atoms with E-state index in [2.05, 4.69) is 34.5 Å². The normalized spacial score (nSPS) is 17.0. The van der Waals surface area contributed by atoms with E-state index in [9.17, 15) is 9.59 Å². The number of amides is 1. The molecule has 0 saturated heterocycles. The zero-order chi connectivity index (χ0) is 28.7. The molecule has 0 spiro atoms. The summed E-state index contributed by atoms with van der Waals surface area (Å²) in [5.74, 6) is 0.0754. The highest BCUT2D eigenvalue weighted by Crippen LogP contribution is 2.52. The smallest absolute Gasteiger partial charge is 0.272 e. The molecule has 0 radical (unpaired) electrons. The predicted molar refractivity (Wildman–Crippen MR) is 161 cm³/mol. The SMILES string of the molecule is NCc1n[nH]c(=O)c2ccc(C3(C(=O)N(Cc4ccc(-c5ccccc5)cn4)C4CCCc5cccnc54)CC3)cc12. The van der Waals surface area contributed by atoms with Gasteiger partial charge in [0.05, 0.1) is 40.5 Å². The van der Waals surface area contributed by atoms with E-state index in [0.717, 1.165) is 60.2 Å². The minimum Gasteiger partial charge on any atom is -0.327 e. The molecule has 8 heteroatoms. The summed E-state index contributed by atoms with van der Waals surface area (Å²) in [6.45, 7) is 0.582. The van der Waals surface area contributed by atoms with Crippen molar-refractivity contribution in [1.29, 1.82) is 0 Å². The Bertz CT molecular complexity index is 1830. The van der Waals surface area contributed by atoms with E-state index < -0.39 is 5.41 Å². The molecule has 1 atom stereocenters. The summed E-state index contributed by atoms with van der Waals surface area (Å²) < 4.78 is 0. The minimum atomic E-state index is -0.668. The number of nitrogens with two attached hydrogens (primary N) is 1. The summed E-state index contributed by atoms with van der Waals surface area (Å²) in [6, 6.07) is 23.9. The third-order valence-electron chi connectivity index (χ3n) is 8.84. The van der Waals surface area contributed by atoms with E-state index in [4.69, 9.17) is 15.7 Å². The molecule has 2 aromatic carbocycles. The lowest BCUT2D eigenvalue weighted by Gasteiger charge is -2.37. The molecule has 42 heavy (non-hydrogen) atoms. The number of carbonyl (C=O) groups is 1. The van der Waals surface area contributed by atoms with Crippen LogP contribution in [0.1, 0.15) is 59.9 Å². The molecule has 3 N–H and O–H groups in total. The number of nitrogens with zero attached hydrogens (tertiary/aromatic N) is 4. The van der Waals surface area contributed by atoms with Crippen LogP contribution in [0.5, 0.6) is 0 Å². The standard InChI is InChI=1S/C34H32N6O2/c35-19-29-28-18-25(12-14-27(28)32(41)39-38-29)34(15-16-34)33(42)40(30-10-4-8-23-9-5-17-36-31(23)30)21-26-13-11-24(20-37-26)22-6-2-1-3-7-22/h1-3,5-7,9,11-14,17-18,20,30H,4,8,10,15-16,19,21,35H2,(H,39,41). The van der Waals surface area contributed by atoms with Crippen LogP contribution in [-0.2, 0) is 29.7 Å². The van der Waals surface area contributed by atoms with Crippen LogP contribution in [0.4, 0.5) is 0 Å². The molecule has 2 aliphatic carbocycles. The molecule has 0 bridgehead atoms. The summed E-state index contributed by atoms with van der Waals surface area (Å²) in [5.41, 5.74) is 11.7. The summed E-state index contributed by atoms with van der Waals surface area (Å²) in [7, 11) is 0. The molecular formula is C34H32N6O2. The van der Waals surface area contributed by atoms with Gasteiger partial charge < -0.3 is 10.6 Å². The highest BCUT2D eigenvalue weighted by Gasteiger charge is 2.54. The van der Waals surface area contributed by atoms with Crippen LogP contribution < -0.4 is 11.3 Å². The van der Waals surface area contributed by atoms with Crippen molar-refractivity contribution in [3.05, 3.63) is 124 Å². The van der Waals surface area contributed by atoms with Gasteiger partial charge in [-0.1, -0.05) is 48.5 Å². The lowest BCUT2D eigenvalue weighted by molar-refractivity contribution is -0.137. The zero-order valence-electron chi connectivity index (χ0n) is 23.3. The van der Waals surface area contributed by atoms with Gasteiger partial charge in [-0.3, -0.25) is 19.6 Å². The number of carbonyl (C=O) groups excluding carboxylic acids is 1. The van der Waals surface area contributed by atoms with Crippen LogP contribution >= 0.6 is 0 Å². The molecule has 3 heterocycles. The van der Waals surface area contributed by atoms with E-state index in [1.165, 1.54) is 5.56 Å². The molecule has 5 aromatic rings. The zero-order valence-corrected chi connectivity index (χ0v) is 23.3. The quantitative estimate of drug-likeness (QED) is 0.292. The fourth-order valence-corrected chi connectivity index (χ4v) is 6.40. The van der Waals surface area contributed by atoms with Crippen molar-refractivity contribution in [2.24, 2.45) is 5.73 Å². The maximum atomic E-state index is 14.7. The van der Waals surface area contributed by atoms with Gasteiger partial charge in [-0.25, -0.2) is 5.10 Å². The molecule has 2 aliphatic rings. The number of H-pyrrole nitrogens is 1. The average Bonchev–Trinajstić information content (AvgIpc) is 3.86. The number of rotatable bonds is 7. The van der Waals surface area contributed by atoms with Gasteiger partial charge in [0, 0.05) is 29.9 Å². The van der Waals surface area contributed by atoms with Crippen LogP contribution in [0.3, 0.4) is 0 Å². The Morgan fingerprint density at radius 3 is 2.60 bits per heavy atom. The van der Waals surface area contributed by atoms with Gasteiger partial charge >= 0.3 is 0 Å². The molecule has 210 valence electrons. The highest BCUT2D eigenvalue weighted by atomic mass is 16.2. The van der Waals surface area contributed by atoms with Gasteiger partial charge in [-0.05, 0) is 73.1 Å². The van der Waals surface area contributed by atoms with E-state index in [0.29, 0.717) is 23.0 Å². The number of aryl methyl sites for hydroxylation is 1. The number of nitrogens with one attached hydrogen (secondary N) is 1.